The van der Waals surface area contributed by atoms with Gasteiger partial charge < -0.3 is 0 Å². The Bertz CT molecular complexity index is 196. The largest absolute Gasteiger partial charge is 0.280 e. The molecule has 0 fully saturated rings. The van der Waals surface area contributed by atoms with Gasteiger partial charge in [0.15, 0.2) is 0 Å². The Morgan fingerprint density at radius 3 is 2.88 bits per heavy atom. The standard InChI is InChI=1S/C4H3BN2O/c5-4-1-7(3-8)2-6-4/h1-3H. The van der Waals surface area contributed by atoms with E-state index in [0.29, 0.717) is 12.0 Å². The summed E-state index contributed by atoms with van der Waals surface area (Å²) in [5.41, 5.74) is 0.358. The highest BCUT2D eigenvalue weighted by Gasteiger charge is 1.86. The van der Waals surface area contributed by atoms with Crippen LogP contribution in [0.1, 0.15) is 0 Å². The van der Waals surface area contributed by atoms with Gasteiger partial charge in [0.2, 0.25) is 6.41 Å². The molecular formula is C4H3BN2O. The Labute approximate surface area is 47.7 Å². The Hall–Kier alpha value is -1.06. The van der Waals surface area contributed by atoms with Gasteiger partial charge in [-0.05, 0) is 0 Å². The number of carbonyl (C=O) groups excluding carboxylic acids is 1. The van der Waals surface area contributed by atoms with Crippen LogP contribution in [0.25, 0.3) is 0 Å². The molecule has 2 radical (unpaired) electrons. The van der Waals surface area contributed by atoms with Gasteiger partial charge in [0.25, 0.3) is 0 Å². The average molecular weight is 106 g/mol. The number of imidazole rings is 1. The molecule has 0 aliphatic heterocycles. The smallest absolute Gasteiger partial charge is 0.218 e. The highest BCUT2D eigenvalue weighted by atomic mass is 16.1. The Kier molecular flexibility index (Phi) is 1.16. The topological polar surface area (TPSA) is 34.9 Å². The molecule has 0 spiro atoms. The van der Waals surface area contributed by atoms with E-state index in [1.807, 2.05) is 0 Å². The molecule has 1 rings (SSSR count). The van der Waals surface area contributed by atoms with Gasteiger partial charge in [-0.1, -0.05) is 0 Å². The summed E-state index contributed by atoms with van der Waals surface area (Å²) in [6.45, 7) is 0. The monoisotopic (exact) mass is 106 g/mol. The number of nitrogens with zero attached hydrogens (tertiary/aromatic N) is 2. The molecule has 0 saturated heterocycles. The lowest BCUT2D eigenvalue weighted by molar-refractivity contribution is 0.547. The van der Waals surface area contributed by atoms with Crippen LogP contribution in [0.4, 0.5) is 0 Å². The van der Waals surface area contributed by atoms with Crippen LogP contribution in [0.5, 0.6) is 0 Å². The summed E-state index contributed by atoms with van der Waals surface area (Å²) in [4.78, 5) is 13.5. The van der Waals surface area contributed by atoms with Crippen LogP contribution < -0.4 is 5.59 Å². The van der Waals surface area contributed by atoms with Gasteiger partial charge in [-0.15, -0.1) is 0 Å². The number of rotatable bonds is 1. The van der Waals surface area contributed by atoms with Crippen LogP contribution in [0.15, 0.2) is 12.5 Å². The van der Waals surface area contributed by atoms with E-state index >= 15 is 0 Å². The van der Waals surface area contributed by atoms with Crippen LogP contribution in [-0.2, 0) is 4.79 Å². The summed E-state index contributed by atoms with van der Waals surface area (Å²) < 4.78 is 1.25. The van der Waals surface area contributed by atoms with Crippen molar-refractivity contribution in [3.8, 4) is 0 Å². The molecule has 0 bridgehead atoms. The second kappa shape index (κ2) is 1.82. The van der Waals surface area contributed by atoms with E-state index in [4.69, 9.17) is 7.85 Å². The average Bonchev–Trinajstić information content (AvgIpc) is 2.14. The second-order valence-electron chi connectivity index (χ2n) is 1.35. The first-order chi connectivity index (χ1) is 3.83. The van der Waals surface area contributed by atoms with E-state index in [0.717, 1.165) is 0 Å². The van der Waals surface area contributed by atoms with Crippen LogP contribution in [0.2, 0.25) is 0 Å². The predicted octanol–water partition coefficient (Wildman–Crippen LogP) is -1.28. The van der Waals surface area contributed by atoms with Crippen molar-refractivity contribution >= 4 is 19.8 Å². The molecule has 0 saturated carbocycles. The lowest BCUT2D eigenvalue weighted by Crippen LogP contribution is -2.00. The molecule has 0 unspecified atom stereocenters. The minimum absolute atomic E-state index is 0.358. The molecule has 1 heterocycles. The summed E-state index contributed by atoms with van der Waals surface area (Å²) in [6, 6.07) is 0. The van der Waals surface area contributed by atoms with Crippen molar-refractivity contribution in [2.75, 3.05) is 0 Å². The molecule has 3 nitrogen and oxygen atoms in total. The SMILES string of the molecule is [B]c1cn(C=O)cn1. The fraction of sp³-hybridized carbons (Fsp3) is 0. The fourth-order valence-electron chi connectivity index (χ4n) is 0.410. The van der Waals surface area contributed by atoms with Gasteiger partial charge in [0.05, 0.1) is 0 Å². The van der Waals surface area contributed by atoms with Gasteiger partial charge in [0, 0.05) is 11.8 Å². The molecule has 0 aromatic carbocycles. The first-order valence-corrected chi connectivity index (χ1v) is 2.07. The molecular weight excluding hydrogens is 103 g/mol. The lowest BCUT2D eigenvalue weighted by Gasteiger charge is -1.77. The van der Waals surface area contributed by atoms with E-state index in [-0.39, 0.29) is 0 Å². The van der Waals surface area contributed by atoms with Crippen molar-refractivity contribution in [2.24, 2.45) is 0 Å². The highest BCUT2D eigenvalue weighted by molar-refractivity contribution is 6.30. The molecule has 0 atom stereocenters. The lowest BCUT2D eigenvalue weighted by atomic mass is 10.1. The van der Waals surface area contributed by atoms with Crippen molar-refractivity contribution in [3.05, 3.63) is 12.5 Å². The molecule has 0 N–H and O–H groups in total. The maximum Gasteiger partial charge on any atom is 0.218 e. The minimum atomic E-state index is 0.358. The molecule has 0 amide bonds. The van der Waals surface area contributed by atoms with Crippen molar-refractivity contribution in [1.82, 2.24) is 9.55 Å². The normalized spacial score (nSPS) is 9.00. The zero-order valence-electron chi connectivity index (χ0n) is 4.11. The number of hydrogen-bond acceptors (Lipinski definition) is 2. The van der Waals surface area contributed by atoms with E-state index in [9.17, 15) is 4.79 Å². The van der Waals surface area contributed by atoms with Crippen molar-refractivity contribution in [3.63, 3.8) is 0 Å². The summed E-state index contributed by atoms with van der Waals surface area (Å²) in [5.74, 6) is 0. The molecule has 8 heavy (non-hydrogen) atoms. The third-order valence-electron chi connectivity index (χ3n) is 0.743. The molecule has 1 aromatic heterocycles. The van der Waals surface area contributed by atoms with E-state index < -0.39 is 0 Å². The number of hydrogen-bond donors (Lipinski definition) is 0. The maximum atomic E-state index is 9.89. The van der Waals surface area contributed by atoms with E-state index in [1.54, 1.807) is 0 Å². The molecule has 1 aromatic rings. The van der Waals surface area contributed by atoms with Crippen molar-refractivity contribution in [1.29, 1.82) is 0 Å². The zero-order chi connectivity index (χ0) is 5.98. The fourth-order valence-corrected chi connectivity index (χ4v) is 0.410. The predicted molar refractivity (Wildman–Crippen MR) is 29.8 cm³/mol. The summed E-state index contributed by atoms with van der Waals surface area (Å²) in [5, 5.41) is 0. The van der Waals surface area contributed by atoms with Gasteiger partial charge in [-0.2, -0.15) is 0 Å². The molecule has 0 aliphatic carbocycles. The minimum Gasteiger partial charge on any atom is -0.280 e. The number of carbonyl (C=O) groups is 1. The van der Waals surface area contributed by atoms with Gasteiger partial charge >= 0.3 is 0 Å². The van der Waals surface area contributed by atoms with Crippen LogP contribution >= 0.6 is 0 Å². The van der Waals surface area contributed by atoms with Gasteiger partial charge in [-0.25, -0.2) is 0 Å². The summed E-state index contributed by atoms with van der Waals surface area (Å²) in [7, 11) is 5.16. The Balaban J connectivity index is 3.00. The first-order valence-electron chi connectivity index (χ1n) is 2.07. The Morgan fingerprint density at radius 2 is 2.62 bits per heavy atom. The van der Waals surface area contributed by atoms with Crippen LogP contribution in [-0.4, -0.2) is 23.8 Å². The van der Waals surface area contributed by atoms with Crippen molar-refractivity contribution < 1.29 is 4.79 Å². The molecule has 0 aliphatic rings. The van der Waals surface area contributed by atoms with Crippen LogP contribution in [0, 0.1) is 0 Å². The third kappa shape index (κ3) is 0.778. The molecule has 38 valence electrons. The molecule has 4 heteroatoms. The quantitative estimate of drug-likeness (QED) is 0.330. The highest BCUT2D eigenvalue weighted by Crippen LogP contribution is 1.71. The van der Waals surface area contributed by atoms with E-state index in [1.165, 1.54) is 17.1 Å². The second-order valence-corrected chi connectivity index (χ2v) is 1.35. The number of aromatic nitrogens is 2. The van der Waals surface area contributed by atoms with Crippen molar-refractivity contribution in [2.45, 2.75) is 0 Å². The summed E-state index contributed by atoms with van der Waals surface area (Å²) >= 11 is 0. The Morgan fingerprint density at radius 1 is 1.88 bits per heavy atom. The van der Waals surface area contributed by atoms with Gasteiger partial charge in [0.1, 0.15) is 14.2 Å². The zero-order valence-corrected chi connectivity index (χ0v) is 4.11. The maximum absolute atomic E-state index is 9.89. The third-order valence-corrected chi connectivity index (χ3v) is 0.743. The first kappa shape index (κ1) is 5.09. The van der Waals surface area contributed by atoms with Crippen LogP contribution in [0.3, 0.4) is 0 Å². The van der Waals surface area contributed by atoms with Gasteiger partial charge in [-0.3, -0.25) is 14.3 Å². The van der Waals surface area contributed by atoms with E-state index in [2.05, 4.69) is 4.98 Å². The summed E-state index contributed by atoms with van der Waals surface area (Å²) in [6.07, 6.45) is 3.42.